The number of thiazole rings is 1. The number of thioether (sulfide) groups is 1. The molecule has 3 heterocycles. The van der Waals surface area contributed by atoms with Crippen LogP contribution in [0.15, 0.2) is 56.3 Å². The van der Waals surface area contributed by atoms with Gasteiger partial charge < -0.3 is 9.15 Å². The second-order valence-corrected chi connectivity index (χ2v) is 7.01. The third kappa shape index (κ3) is 3.98. The first-order valence-corrected chi connectivity index (χ1v) is 9.42. The van der Waals surface area contributed by atoms with Gasteiger partial charge in [-0.15, -0.1) is 21.5 Å². The highest BCUT2D eigenvalue weighted by Gasteiger charge is 2.12. The van der Waals surface area contributed by atoms with E-state index in [0.717, 1.165) is 0 Å². The van der Waals surface area contributed by atoms with Gasteiger partial charge in [0.15, 0.2) is 4.96 Å². The SMILES string of the molecule is O=c1cc(CSc2nnc(-c3ccc(OC(F)F)cc3)o2)nc2sccn12. The normalized spacial score (nSPS) is 11.4. The van der Waals surface area contributed by atoms with E-state index in [-0.39, 0.29) is 17.2 Å². The lowest BCUT2D eigenvalue weighted by atomic mass is 10.2. The van der Waals surface area contributed by atoms with Crippen LogP contribution in [0.2, 0.25) is 0 Å². The Labute approximate surface area is 158 Å². The molecule has 3 aromatic heterocycles. The highest BCUT2D eigenvalue weighted by molar-refractivity contribution is 7.98. The zero-order valence-electron chi connectivity index (χ0n) is 13.4. The molecule has 4 rings (SSSR count). The number of fused-ring (bicyclic) bond motifs is 1. The van der Waals surface area contributed by atoms with E-state index in [4.69, 9.17) is 4.42 Å². The van der Waals surface area contributed by atoms with Crippen molar-refractivity contribution in [2.75, 3.05) is 0 Å². The number of halogens is 2. The molecule has 0 aliphatic rings. The minimum atomic E-state index is -2.88. The zero-order chi connectivity index (χ0) is 18.8. The van der Waals surface area contributed by atoms with Gasteiger partial charge in [0.05, 0.1) is 5.69 Å². The summed E-state index contributed by atoms with van der Waals surface area (Å²) in [5, 5.41) is 9.98. The highest BCUT2D eigenvalue weighted by atomic mass is 32.2. The van der Waals surface area contributed by atoms with Crippen LogP contribution in [0.3, 0.4) is 0 Å². The van der Waals surface area contributed by atoms with Crippen molar-refractivity contribution < 1.29 is 17.9 Å². The summed E-state index contributed by atoms with van der Waals surface area (Å²) >= 11 is 2.63. The number of rotatable bonds is 6. The number of aromatic nitrogens is 4. The topological polar surface area (TPSA) is 82.5 Å². The summed E-state index contributed by atoms with van der Waals surface area (Å²) in [4.78, 5) is 17.0. The van der Waals surface area contributed by atoms with Gasteiger partial charge in [-0.2, -0.15) is 8.78 Å². The first-order chi connectivity index (χ1) is 13.1. The lowest BCUT2D eigenvalue weighted by Gasteiger charge is -2.03. The van der Waals surface area contributed by atoms with E-state index in [1.54, 1.807) is 23.7 Å². The molecular formula is C16H10F2N4O3S2. The minimum absolute atomic E-state index is 0.0456. The van der Waals surface area contributed by atoms with E-state index < -0.39 is 6.61 Å². The summed E-state index contributed by atoms with van der Waals surface area (Å²) in [7, 11) is 0. The van der Waals surface area contributed by atoms with Crippen molar-refractivity contribution in [1.82, 2.24) is 19.6 Å². The first-order valence-electron chi connectivity index (χ1n) is 7.56. The number of benzene rings is 1. The Hall–Kier alpha value is -2.79. The molecule has 138 valence electrons. The van der Waals surface area contributed by atoms with Crippen LogP contribution in [0.4, 0.5) is 8.78 Å². The molecule has 0 N–H and O–H groups in total. The van der Waals surface area contributed by atoms with Gasteiger partial charge in [-0.1, -0.05) is 11.8 Å². The van der Waals surface area contributed by atoms with E-state index in [1.165, 1.54) is 45.7 Å². The van der Waals surface area contributed by atoms with Crippen molar-refractivity contribution in [3.8, 4) is 17.2 Å². The van der Waals surface area contributed by atoms with Gasteiger partial charge in [0.2, 0.25) is 5.89 Å². The summed E-state index contributed by atoms with van der Waals surface area (Å²) in [6, 6.07) is 7.35. The lowest BCUT2D eigenvalue weighted by Crippen LogP contribution is -2.12. The highest BCUT2D eigenvalue weighted by Crippen LogP contribution is 2.27. The van der Waals surface area contributed by atoms with E-state index >= 15 is 0 Å². The van der Waals surface area contributed by atoms with E-state index in [2.05, 4.69) is 19.9 Å². The molecule has 0 unspecified atom stereocenters. The quantitative estimate of drug-likeness (QED) is 0.450. The second kappa shape index (κ2) is 7.45. The molecule has 0 amide bonds. The maximum absolute atomic E-state index is 12.2. The van der Waals surface area contributed by atoms with Crippen molar-refractivity contribution in [3.05, 3.63) is 58.0 Å². The first kappa shape index (κ1) is 17.6. The van der Waals surface area contributed by atoms with Gasteiger partial charge in [0, 0.05) is 29.0 Å². The van der Waals surface area contributed by atoms with E-state index in [9.17, 15) is 13.6 Å². The molecule has 0 radical (unpaired) electrons. The Balaban J connectivity index is 1.45. The van der Waals surface area contributed by atoms with Crippen LogP contribution in [0.25, 0.3) is 16.4 Å². The number of nitrogens with zero attached hydrogens (tertiary/aromatic N) is 4. The van der Waals surface area contributed by atoms with Gasteiger partial charge in [0.1, 0.15) is 5.75 Å². The molecule has 0 saturated carbocycles. The van der Waals surface area contributed by atoms with Crippen LogP contribution in [0.5, 0.6) is 5.75 Å². The fourth-order valence-corrected chi connectivity index (χ4v) is 3.66. The number of hydrogen-bond acceptors (Lipinski definition) is 8. The molecule has 27 heavy (non-hydrogen) atoms. The van der Waals surface area contributed by atoms with Gasteiger partial charge in [-0.05, 0) is 24.3 Å². The molecule has 4 aromatic rings. The minimum Gasteiger partial charge on any atom is -0.435 e. The van der Waals surface area contributed by atoms with Crippen LogP contribution in [0, 0.1) is 0 Å². The van der Waals surface area contributed by atoms with Crippen molar-refractivity contribution in [1.29, 1.82) is 0 Å². The summed E-state index contributed by atoms with van der Waals surface area (Å²) in [5.41, 5.74) is 1.04. The zero-order valence-corrected chi connectivity index (χ0v) is 15.0. The van der Waals surface area contributed by atoms with Crippen molar-refractivity contribution in [3.63, 3.8) is 0 Å². The Morgan fingerprint density at radius 1 is 1.26 bits per heavy atom. The average molecular weight is 408 g/mol. The van der Waals surface area contributed by atoms with Gasteiger partial charge in [-0.25, -0.2) is 4.98 Å². The third-order valence-electron chi connectivity index (χ3n) is 3.43. The number of hydrogen-bond donors (Lipinski definition) is 0. The van der Waals surface area contributed by atoms with Gasteiger partial charge >= 0.3 is 6.61 Å². The van der Waals surface area contributed by atoms with Crippen molar-refractivity contribution >= 4 is 28.1 Å². The summed E-state index contributed by atoms with van der Waals surface area (Å²) < 4.78 is 35.7. The Morgan fingerprint density at radius 3 is 2.85 bits per heavy atom. The molecule has 1 aromatic carbocycles. The third-order valence-corrected chi connectivity index (χ3v) is 5.04. The smallest absolute Gasteiger partial charge is 0.387 e. The van der Waals surface area contributed by atoms with Crippen molar-refractivity contribution in [2.45, 2.75) is 17.6 Å². The number of ether oxygens (including phenoxy) is 1. The Kier molecular flexibility index (Phi) is 4.86. The van der Waals surface area contributed by atoms with Crippen LogP contribution in [-0.2, 0) is 5.75 Å². The van der Waals surface area contributed by atoms with E-state index in [1.807, 2.05) is 0 Å². The molecule has 0 saturated heterocycles. The predicted molar refractivity (Wildman–Crippen MR) is 95.3 cm³/mol. The Morgan fingerprint density at radius 2 is 2.07 bits per heavy atom. The van der Waals surface area contributed by atoms with Crippen LogP contribution >= 0.6 is 23.1 Å². The molecule has 11 heteroatoms. The van der Waals surface area contributed by atoms with Gasteiger partial charge in [-0.3, -0.25) is 9.20 Å². The van der Waals surface area contributed by atoms with Crippen LogP contribution in [-0.4, -0.2) is 26.2 Å². The lowest BCUT2D eigenvalue weighted by molar-refractivity contribution is -0.0498. The van der Waals surface area contributed by atoms with Gasteiger partial charge in [0.25, 0.3) is 10.8 Å². The van der Waals surface area contributed by atoms with Crippen LogP contribution < -0.4 is 10.3 Å². The second-order valence-electron chi connectivity index (χ2n) is 5.21. The van der Waals surface area contributed by atoms with Crippen LogP contribution in [0.1, 0.15) is 5.69 Å². The molecule has 7 nitrogen and oxygen atoms in total. The molecule has 0 fully saturated rings. The maximum atomic E-state index is 12.2. The molecule has 0 aliphatic heterocycles. The predicted octanol–water partition coefficient (Wildman–Crippen LogP) is 3.70. The largest absolute Gasteiger partial charge is 0.435 e. The number of alkyl halides is 2. The molecule has 0 bridgehead atoms. The van der Waals surface area contributed by atoms with Crippen molar-refractivity contribution in [2.24, 2.45) is 0 Å². The maximum Gasteiger partial charge on any atom is 0.387 e. The summed E-state index contributed by atoms with van der Waals surface area (Å²) in [6.07, 6.45) is 1.67. The molecule has 0 atom stereocenters. The molecule has 0 aliphatic carbocycles. The fraction of sp³-hybridized carbons (Fsp3) is 0.125. The monoisotopic (exact) mass is 408 g/mol. The van der Waals surface area contributed by atoms with E-state index in [0.29, 0.717) is 27.2 Å². The standard InChI is InChI=1S/C16H10F2N4O3S2/c17-14(18)24-11-3-1-9(2-4-11)13-20-21-16(25-13)27-8-10-7-12(23)22-5-6-26-15(22)19-10/h1-7,14H,8H2. The fourth-order valence-electron chi connectivity index (χ4n) is 2.26. The average Bonchev–Trinajstić information content (AvgIpc) is 3.30. The summed E-state index contributed by atoms with van der Waals surface area (Å²) in [6.45, 7) is -2.88. The molecular weight excluding hydrogens is 398 g/mol. The molecule has 0 spiro atoms. The Bertz CT molecular complexity index is 1120. The summed E-state index contributed by atoms with van der Waals surface area (Å²) in [5.74, 6) is 0.693.